The molecule has 0 aliphatic rings. The lowest BCUT2D eigenvalue weighted by Crippen LogP contribution is -2.04. The van der Waals surface area contributed by atoms with E-state index in [2.05, 4.69) is 4.98 Å². The molecule has 4 rings (SSSR count). The fourth-order valence-electron chi connectivity index (χ4n) is 3.30. The first kappa shape index (κ1) is 21.9. The van der Waals surface area contributed by atoms with Gasteiger partial charge in [0.2, 0.25) is 5.89 Å². The van der Waals surface area contributed by atoms with E-state index in [0.29, 0.717) is 35.8 Å². The number of hydrogen-bond acceptors (Lipinski definition) is 5. The van der Waals surface area contributed by atoms with Crippen molar-refractivity contribution in [3.8, 4) is 17.2 Å². The number of ether oxygens (including phenoxy) is 1. The highest BCUT2D eigenvalue weighted by atomic mass is 32.1. The molecule has 0 fully saturated rings. The van der Waals surface area contributed by atoms with Crippen LogP contribution in [-0.2, 0) is 23.8 Å². The van der Waals surface area contributed by atoms with Crippen LogP contribution in [-0.4, -0.2) is 22.7 Å². The summed E-state index contributed by atoms with van der Waals surface area (Å²) in [4.78, 5) is 15.4. The van der Waals surface area contributed by atoms with Crippen LogP contribution in [0.2, 0.25) is 0 Å². The van der Waals surface area contributed by atoms with Crippen LogP contribution in [0.4, 0.5) is 13.2 Å². The number of fused-ring (bicyclic) bond motifs is 1. The van der Waals surface area contributed by atoms with Crippen LogP contribution in [0.3, 0.4) is 0 Å². The number of aryl methyl sites for hydroxylation is 1. The average Bonchev–Trinajstić information content (AvgIpc) is 3.30. The summed E-state index contributed by atoms with van der Waals surface area (Å²) in [5.41, 5.74) is 1.18. The Morgan fingerprint density at radius 3 is 2.62 bits per heavy atom. The maximum atomic E-state index is 12.7. The van der Waals surface area contributed by atoms with Gasteiger partial charge in [-0.05, 0) is 65.7 Å². The SMILES string of the molecule is Cc1oc(-c2ccc(C(F)(F)F)cc2)nc1CCOc1ccc2c(CC(=O)O)csc2c1. The number of nitrogens with zero attached hydrogens (tertiary/aromatic N) is 1. The standard InChI is InChI=1S/C23H18F3NO4S/c1-13-19(27-22(31-13)14-2-4-16(5-3-14)23(24,25)26)8-9-30-17-6-7-18-15(10-21(28)29)12-32-20(18)11-17/h2-7,11-12H,8-10H2,1H3,(H,28,29). The van der Waals surface area contributed by atoms with Gasteiger partial charge >= 0.3 is 12.1 Å². The molecule has 0 unspecified atom stereocenters. The van der Waals surface area contributed by atoms with Crippen molar-refractivity contribution in [3.63, 3.8) is 0 Å². The van der Waals surface area contributed by atoms with Crippen molar-refractivity contribution in [2.24, 2.45) is 0 Å². The summed E-state index contributed by atoms with van der Waals surface area (Å²) in [7, 11) is 0. The van der Waals surface area contributed by atoms with Gasteiger partial charge in [-0.2, -0.15) is 13.2 Å². The van der Waals surface area contributed by atoms with E-state index in [4.69, 9.17) is 14.3 Å². The Hall–Kier alpha value is -3.33. The third-order valence-electron chi connectivity index (χ3n) is 4.93. The highest BCUT2D eigenvalue weighted by molar-refractivity contribution is 7.17. The van der Waals surface area contributed by atoms with E-state index < -0.39 is 17.7 Å². The quantitative estimate of drug-likeness (QED) is 0.358. The number of oxazole rings is 1. The maximum Gasteiger partial charge on any atom is 0.416 e. The number of aromatic nitrogens is 1. The van der Waals surface area contributed by atoms with Gasteiger partial charge in [0.15, 0.2) is 0 Å². The van der Waals surface area contributed by atoms with Gasteiger partial charge in [0.25, 0.3) is 0 Å². The second-order valence-corrected chi connectivity index (χ2v) is 8.10. The van der Waals surface area contributed by atoms with Crippen molar-refractivity contribution >= 4 is 27.4 Å². The Bertz CT molecular complexity index is 1260. The molecule has 32 heavy (non-hydrogen) atoms. The number of thiophene rings is 1. The molecule has 0 aliphatic heterocycles. The highest BCUT2D eigenvalue weighted by Gasteiger charge is 2.30. The zero-order chi connectivity index (χ0) is 22.9. The molecular weight excluding hydrogens is 443 g/mol. The Labute approximate surface area is 185 Å². The predicted molar refractivity (Wildman–Crippen MR) is 114 cm³/mol. The van der Waals surface area contributed by atoms with Gasteiger partial charge in [0.1, 0.15) is 11.5 Å². The molecular formula is C23H18F3NO4S. The lowest BCUT2D eigenvalue weighted by Gasteiger charge is -2.06. The van der Waals surface area contributed by atoms with Gasteiger partial charge < -0.3 is 14.3 Å². The third kappa shape index (κ3) is 4.77. The first-order valence-electron chi connectivity index (χ1n) is 9.69. The van der Waals surface area contributed by atoms with Crippen LogP contribution in [0.1, 0.15) is 22.6 Å². The maximum absolute atomic E-state index is 12.7. The van der Waals surface area contributed by atoms with Crippen molar-refractivity contribution in [2.45, 2.75) is 25.9 Å². The summed E-state index contributed by atoms with van der Waals surface area (Å²) in [5.74, 6) is 0.627. The van der Waals surface area contributed by atoms with Crippen LogP contribution in [0.15, 0.2) is 52.3 Å². The van der Waals surface area contributed by atoms with Gasteiger partial charge in [-0.25, -0.2) is 4.98 Å². The molecule has 4 aromatic rings. The molecule has 0 spiro atoms. The van der Waals surface area contributed by atoms with Crippen molar-refractivity contribution in [1.29, 1.82) is 0 Å². The summed E-state index contributed by atoms with van der Waals surface area (Å²) in [6, 6.07) is 10.2. The van der Waals surface area contributed by atoms with Gasteiger partial charge in [0, 0.05) is 16.7 Å². The van der Waals surface area contributed by atoms with E-state index in [9.17, 15) is 18.0 Å². The number of carboxylic acids is 1. The second kappa shape index (κ2) is 8.66. The minimum absolute atomic E-state index is 0.0209. The molecule has 0 amide bonds. The molecule has 2 heterocycles. The topological polar surface area (TPSA) is 72.6 Å². The predicted octanol–water partition coefficient (Wildman–Crippen LogP) is 6.13. The summed E-state index contributed by atoms with van der Waals surface area (Å²) < 4.78 is 50.6. The van der Waals surface area contributed by atoms with Crippen LogP contribution in [0.5, 0.6) is 5.75 Å². The van der Waals surface area contributed by atoms with E-state index in [1.54, 1.807) is 13.0 Å². The zero-order valence-electron chi connectivity index (χ0n) is 16.9. The van der Waals surface area contributed by atoms with E-state index in [0.717, 1.165) is 27.8 Å². The molecule has 0 radical (unpaired) electrons. The first-order chi connectivity index (χ1) is 15.2. The Morgan fingerprint density at radius 1 is 1.19 bits per heavy atom. The molecule has 5 nitrogen and oxygen atoms in total. The molecule has 0 aliphatic carbocycles. The Kier molecular flexibility index (Phi) is 5.92. The minimum atomic E-state index is -4.39. The Balaban J connectivity index is 1.40. The molecule has 2 aromatic heterocycles. The average molecular weight is 461 g/mol. The number of rotatable bonds is 7. The van der Waals surface area contributed by atoms with Crippen molar-refractivity contribution in [1.82, 2.24) is 4.98 Å². The highest BCUT2D eigenvalue weighted by Crippen LogP contribution is 2.32. The second-order valence-electron chi connectivity index (χ2n) is 7.18. The molecule has 0 saturated carbocycles. The molecule has 1 N–H and O–H groups in total. The first-order valence-corrected chi connectivity index (χ1v) is 10.6. The summed E-state index contributed by atoms with van der Waals surface area (Å²) in [6.07, 6.45) is -3.95. The molecule has 0 saturated heterocycles. The zero-order valence-corrected chi connectivity index (χ0v) is 17.7. The van der Waals surface area contributed by atoms with Crippen LogP contribution in [0.25, 0.3) is 21.5 Å². The van der Waals surface area contributed by atoms with E-state index >= 15 is 0 Å². The normalized spacial score (nSPS) is 11.8. The minimum Gasteiger partial charge on any atom is -0.493 e. The van der Waals surface area contributed by atoms with Gasteiger partial charge in [0.05, 0.1) is 24.3 Å². The van der Waals surface area contributed by atoms with Crippen LogP contribution >= 0.6 is 11.3 Å². The number of carboxylic acid groups (broad SMARTS) is 1. The monoisotopic (exact) mass is 461 g/mol. The molecule has 0 atom stereocenters. The van der Waals surface area contributed by atoms with Crippen molar-refractivity contribution in [2.75, 3.05) is 6.61 Å². The number of carbonyl (C=O) groups is 1. The van der Waals surface area contributed by atoms with Crippen LogP contribution < -0.4 is 4.74 Å². The molecule has 0 bridgehead atoms. The summed E-state index contributed by atoms with van der Waals surface area (Å²) in [5, 5.41) is 11.7. The summed E-state index contributed by atoms with van der Waals surface area (Å²) >= 11 is 1.46. The third-order valence-corrected chi connectivity index (χ3v) is 5.92. The largest absolute Gasteiger partial charge is 0.493 e. The fourth-order valence-corrected chi connectivity index (χ4v) is 4.29. The van der Waals surface area contributed by atoms with Gasteiger partial charge in [-0.1, -0.05) is 0 Å². The molecule has 2 aromatic carbocycles. The number of halogens is 3. The Morgan fingerprint density at radius 2 is 1.94 bits per heavy atom. The number of alkyl halides is 3. The number of aliphatic carboxylic acids is 1. The van der Waals surface area contributed by atoms with E-state index in [1.807, 2.05) is 17.5 Å². The molecule has 9 heteroatoms. The smallest absolute Gasteiger partial charge is 0.416 e. The van der Waals surface area contributed by atoms with Gasteiger partial charge in [-0.3, -0.25) is 4.79 Å². The van der Waals surface area contributed by atoms with Crippen molar-refractivity contribution < 1.29 is 32.2 Å². The number of hydrogen-bond donors (Lipinski definition) is 1. The lowest BCUT2D eigenvalue weighted by atomic mass is 10.1. The fraction of sp³-hybridized carbons (Fsp3) is 0.217. The lowest BCUT2D eigenvalue weighted by molar-refractivity contribution is -0.138. The van der Waals surface area contributed by atoms with E-state index in [-0.39, 0.29) is 12.3 Å². The number of benzene rings is 2. The van der Waals surface area contributed by atoms with E-state index in [1.165, 1.54) is 23.5 Å². The molecule has 166 valence electrons. The van der Waals surface area contributed by atoms with Crippen LogP contribution in [0, 0.1) is 6.92 Å². The van der Waals surface area contributed by atoms with Crippen molar-refractivity contribution in [3.05, 3.63) is 70.4 Å². The van der Waals surface area contributed by atoms with Gasteiger partial charge in [-0.15, -0.1) is 11.3 Å². The summed E-state index contributed by atoms with van der Waals surface area (Å²) in [6.45, 7) is 2.08.